The van der Waals surface area contributed by atoms with Crippen molar-refractivity contribution in [1.82, 2.24) is 10.5 Å². The Labute approximate surface area is 149 Å². The van der Waals surface area contributed by atoms with Crippen LogP contribution in [0.5, 0.6) is 0 Å². The van der Waals surface area contributed by atoms with Crippen molar-refractivity contribution in [2.75, 3.05) is 0 Å². The van der Waals surface area contributed by atoms with Crippen molar-refractivity contribution in [1.29, 1.82) is 0 Å². The van der Waals surface area contributed by atoms with Gasteiger partial charge in [-0.25, -0.2) is 0 Å². The molecule has 0 aliphatic rings. The molecular formula is C18H14Cl2N2O2. The highest BCUT2D eigenvalue weighted by molar-refractivity contribution is 6.33. The number of aryl methyl sites for hydroxylation is 1. The van der Waals surface area contributed by atoms with Gasteiger partial charge in [0.05, 0.1) is 5.02 Å². The number of amides is 1. The maximum Gasteiger partial charge on any atom is 0.257 e. The molecule has 1 N–H and O–H groups in total. The average molecular weight is 361 g/mol. The van der Waals surface area contributed by atoms with Gasteiger partial charge in [-0.3, -0.25) is 4.79 Å². The van der Waals surface area contributed by atoms with Crippen molar-refractivity contribution in [2.45, 2.75) is 13.5 Å². The maximum atomic E-state index is 12.6. The topological polar surface area (TPSA) is 55.1 Å². The van der Waals surface area contributed by atoms with Gasteiger partial charge in [0.1, 0.15) is 17.0 Å². The summed E-state index contributed by atoms with van der Waals surface area (Å²) >= 11 is 12.2. The van der Waals surface area contributed by atoms with E-state index in [2.05, 4.69) is 10.5 Å². The van der Waals surface area contributed by atoms with Crippen LogP contribution in [0.25, 0.3) is 11.3 Å². The van der Waals surface area contributed by atoms with E-state index in [0.29, 0.717) is 39.2 Å². The first-order chi connectivity index (χ1) is 11.6. The van der Waals surface area contributed by atoms with Gasteiger partial charge in [-0.15, -0.1) is 0 Å². The first-order valence-corrected chi connectivity index (χ1v) is 8.05. The second-order valence-electron chi connectivity index (χ2n) is 5.25. The Hall–Kier alpha value is -2.30. The molecule has 0 aliphatic heterocycles. The lowest BCUT2D eigenvalue weighted by Crippen LogP contribution is -2.23. The summed E-state index contributed by atoms with van der Waals surface area (Å²) in [7, 11) is 0. The third-order valence-electron chi connectivity index (χ3n) is 3.56. The fourth-order valence-corrected chi connectivity index (χ4v) is 2.83. The zero-order valence-electron chi connectivity index (χ0n) is 12.8. The molecule has 6 heteroatoms. The third-order valence-corrected chi connectivity index (χ3v) is 4.13. The number of benzene rings is 2. The summed E-state index contributed by atoms with van der Waals surface area (Å²) in [5.74, 6) is 0.164. The second-order valence-corrected chi connectivity index (χ2v) is 6.10. The minimum atomic E-state index is -0.274. The lowest BCUT2D eigenvalue weighted by atomic mass is 10.1. The summed E-state index contributed by atoms with van der Waals surface area (Å²) < 4.78 is 5.21. The van der Waals surface area contributed by atoms with Gasteiger partial charge in [0.25, 0.3) is 5.91 Å². The SMILES string of the molecule is Cc1onc(-c2ccccc2Cl)c1C(=O)NCc1cccc(Cl)c1. The molecule has 0 spiro atoms. The Morgan fingerprint density at radius 1 is 1.17 bits per heavy atom. The molecule has 4 nitrogen and oxygen atoms in total. The predicted molar refractivity (Wildman–Crippen MR) is 94.3 cm³/mol. The molecule has 0 radical (unpaired) electrons. The van der Waals surface area contributed by atoms with Crippen LogP contribution in [-0.4, -0.2) is 11.1 Å². The van der Waals surface area contributed by atoms with E-state index in [0.717, 1.165) is 5.56 Å². The number of nitrogens with zero attached hydrogens (tertiary/aromatic N) is 1. The molecule has 1 aromatic heterocycles. The van der Waals surface area contributed by atoms with Gasteiger partial charge >= 0.3 is 0 Å². The van der Waals surface area contributed by atoms with Gasteiger partial charge in [0.15, 0.2) is 0 Å². The number of hydrogen-bond donors (Lipinski definition) is 1. The van der Waals surface area contributed by atoms with Crippen molar-refractivity contribution in [3.05, 3.63) is 75.5 Å². The Bertz CT molecular complexity index is 890. The van der Waals surface area contributed by atoms with E-state index >= 15 is 0 Å². The molecule has 0 saturated carbocycles. The monoisotopic (exact) mass is 360 g/mol. The molecule has 0 bridgehead atoms. The molecule has 0 saturated heterocycles. The van der Waals surface area contributed by atoms with Gasteiger partial charge < -0.3 is 9.84 Å². The van der Waals surface area contributed by atoms with E-state index < -0.39 is 0 Å². The summed E-state index contributed by atoms with van der Waals surface area (Å²) in [6.07, 6.45) is 0. The first-order valence-electron chi connectivity index (χ1n) is 7.30. The summed E-state index contributed by atoms with van der Waals surface area (Å²) in [5.41, 5.74) is 2.37. The normalized spacial score (nSPS) is 10.6. The van der Waals surface area contributed by atoms with E-state index in [-0.39, 0.29) is 5.91 Å². The van der Waals surface area contributed by atoms with Gasteiger partial charge in [0, 0.05) is 17.1 Å². The van der Waals surface area contributed by atoms with Gasteiger partial charge in [-0.2, -0.15) is 0 Å². The van der Waals surface area contributed by atoms with Crippen LogP contribution >= 0.6 is 23.2 Å². The number of carbonyl (C=O) groups excluding carboxylic acids is 1. The zero-order valence-corrected chi connectivity index (χ0v) is 14.4. The number of halogens is 2. The maximum absolute atomic E-state index is 12.6. The molecule has 3 aromatic rings. The first kappa shape index (κ1) is 16.6. The summed E-state index contributed by atoms with van der Waals surface area (Å²) in [5, 5.41) is 7.99. The molecule has 0 fully saturated rings. The van der Waals surface area contributed by atoms with Crippen molar-refractivity contribution < 1.29 is 9.32 Å². The average Bonchev–Trinajstić information content (AvgIpc) is 2.95. The molecule has 122 valence electrons. The van der Waals surface area contributed by atoms with Crippen molar-refractivity contribution in [3.8, 4) is 11.3 Å². The fourth-order valence-electron chi connectivity index (χ4n) is 2.39. The summed E-state index contributed by atoms with van der Waals surface area (Å²) in [4.78, 5) is 12.6. The highest BCUT2D eigenvalue weighted by Gasteiger charge is 2.22. The Morgan fingerprint density at radius 3 is 2.71 bits per heavy atom. The molecule has 1 amide bonds. The van der Waals surface area contributed by atoms with E-state index in [9.17, 15) is 4.79 Å². The van der Waals surface area contributed by atoms with Gasteiger partial charge in [0.2, 0.25) is 0 Å². The quantitative estimate of drug-likeness (QED) is 0.720. The van der Waals surface area contributed by atoms with Crippen molar-refractivity contribution in [3.63, 3.8) is 0 Å². The van der Waals surface area contributed by atoms with Crippen LogP contribution in [0, 0.1) is 6.92 Å². The minimum Gasteiger partial charge on any atom is -0.360 e. The largest absolute Gasteiger partial charge is 0.360 e. The Morgan fingerprint density at radius 2 is 1.96 bits per heavy atom. The third kappa shape index (κ3) is 3.45. The fraction of sp³-hybridized carbons (Fsp3) is 0.111. The zero-order chi connectivity index (χ0) is 17.1. The number of hydrogen-bond acceptors (Lipinski definition) is 3. The lowest BCUT2D eigenvalue weighted by Gasteiger charge is -2.07. The van der Waals surface area contributed by atoms with Crippen LogP contribution in [0.4, 0.5) is 0 Å². The highest BCUT2D eigenvalue weighted by atomic mass is 35.5. The molecule has 0 aliphatic carbocycles. The number of carbonyl (C=O) groups is 1. The van der Waals surface area contributed by atoms with E-state index in [1.165, 1.54) is 0 Å². The standard InChI is InChI=1S/C18H14Cl2N2O2/c1-11-16(17(22-24-11)14-7-2-3-8-15(14)20)18(23)21-10-12-5-4-6-13(19)9-12/h2-9H,10H2,1H3,(H,21,23). The van der Waals surface area contributed by atoms with Crippen LogP contribution in [0.2, 0.25) is 10.0 Å². The molecule has 2 aromatic carbocycles. The molecule has 0 atom stereocenters. The minimum absolute atomic E-state index is 0.274. The van der Waals surface area contributed by atoms with Crippen LogP contribution in [0.1, 0.15) is 21.7 Å². The number of aromatic nitrogens is 1. The highest BCUT2D eigenvalue weighted by Crippen LogP contribution is 2.30. The van der Waals surface area contributed by atoms with Gasteiger partial charge in [-0.05, 0) is 30.7 Å². The lowest BCUT2D eigenvalue weighted by molar-refractivity contribution is 0.0950. The van der Waals surface area contributed by atoms with Gasteiger partial charge in [-0.1, -0.05) is 58.7 Å². The van der Waals surface area contributed by atoms with E-state index in [1.54, 1.807) is 31.2 Å². The van der Waals surface area contributed by atoms with E-state index in [1.807, 2.05) is 24.3 Å². The van der Waals surface area contributed by atoms with Crippen LogP contribution in [0.15, 0.2) is 53.1 Å². The predicted octanol–water partition coefficient (Wildman–Crippen LogP) is 4.89. The smallest absolute Gasteiger partial charge is 0.257 e. The summed E-state index contributed by atoms with van der Waals surface area (Å²) in [6.45, 7) is 2.05. The Kier molecular flexibility index (Phi) is 4.88. The molecule has 1 heterocycles. The Balaban J connectivity index is 1.85. The summed E-state index contributed by atoms with van der Waals surface area (Å²) in [6, 6.07) is 14.5. The van der Waals surface area contributed by atoms with Crippen molar-refractivity contribution >= 4 is 29.1 Å². The van der Waals surface area contributed by atoms with Crippen LogP contribution in [-0.2, 0) is 6.54 Å². The second kappa shape index (κ2) is 7.07. The van der Waals surface area contributed by atoms with Crippen LogP contribution < -0.4 is 5.32 Å². The van der Waals surface area contributed by atoms with E-state index in [4.69, 9.17) is 27.7 Å². The molecule has 0 unspecified atom stereocenters. The number of rotatable bonds is 4. The molecule has 3 rings (SSSR count). The van der Waals surface area contributed by atoms with Crippen LogP contribution in [0.3, 0.4) is 0 Å². The molecule has 24 heavy (non-hydrogen) atoms. The number of nitrogens with one attached hydrogen (secondary N) is 1. The molecular weight excluding hydrogens is 347 g/mol. The van der Waals surface area contributed by atoms with Crippen molar-refractivity contribution in [2.24, 2.45) is 0 Å².